The first kappa shape index (κ1) is 21.6. The van der Waals surface area contributed by atoms with Gasteiger partial charge in [0.25, 0.3) is 0 Å². The predicted molar refractivity (Wildman–Crippen MR) is 105 cm³/mol. The van der Waals surface area contributed by atoms with Crippen molar-refractivity contribution in [3.05, 3.63) is 35.1 Å². The highest BCUT2D eigenvalue weighted by molar-refractivity contribution is 14.0. The van der Waals surface area contributed by atoms with Crippen LogP contribution in [0.5, 0.6) is 0 Å². The van der Waals surface area contributed by atoms with Gasteiger partial charge in [0.2, 0.25) is 0 Å². The first-order valence-electron chi connectivity index (χ1n) is 8.05. The summed E-state index contributed by atoms with van der Waals surface area (Å²) in [5, 5.41) is 15.1. The molecule has 1 fully saturated rings. The van der Waals surface area contributed by atoms with E-state index in [2.05, 4.69) is 15.6 Å². The topological polar surface area (TPSA) is 78.7 Å². The molecule has 0 aromatic heterocycles. The molecular formula is C17H24FIN4O2. The minimum atomic E-state index is -0.343. The van der Waals surface area contributed by atoms with Crippen molar-refractivity contribution >= 4 is 29.9 Å². The summed E-state index contributed by atoms with van der Waals surface area (Å²) in [6.07, 6.45) is 2.03. The second-order valence-corrected chi connectivity index (χ2v) is 5.48. The maximum Gasteiger partial charge on any atom is 0.191 e. The van der Waals surface area contributed by atoms with Crippen LogP contribution in [0.15, 0.2) is 23.2 Å². The lowest BCUT2D eigenvalue weighted by Gasteiger charge is -2.13. The number of hydrogen-bond donors (Lipinski definition) is 2. The van der Waals surface area contributed by atoms with Crippen LogP contribution in [0.4, 0.5) is 4.39 Å². The van der Waals surface area contributed by atoms with Crippen LogP contribution >= 0.6 is 24.0 Å². The molecule has 1 aliphatic heterocycles. The van der Waals surface area contributed by atoms with E-state index in [0.717, 1.165) is 19.4 Å². The van der Waals surface area contributed by atoms with Crippen molar-refractivity contribution in [1.29, 1.82) is 5.26 Å². The molecular weight excluding hydrogens is 438 g/mol. The van der Waals surface area contributed by atoms with Crippen molar-refractivity contribution in [2.24, 2.45) is 4.99 Å². The molecule has 0 amide bonds. The minimum absolute atomic E-state index is 0. The van der Waals surface area contributed by atoms with Gasteiger partial charge in [-0.05, 0) is 31.0 Å². The Balaban J connectivity index is 0.00000312. The summed E-state index contributed by atoms with van der Waals surface area (Å²) >= 11 is 0. The number of guanidine groups is 1. The van der Waals surface area contributed by atoms with Crippen LogP contribution in [-0.4, -0.2) is 45.5 Å². The van der Waals surface area contributed by atoms with Crippen molar-refractivity contribution in [3.8, 4) is 6.07 Å². The Kier molecular flexibility index (Phi) is 10.4. The zero-order chi connectivity index (χ0) is 17.2. The van der Waals surface area contributed by atoms with E-state index in [4.69, 9.17) is 14.7 Å². The number of nitrogens with zero attached hydrogens (tertiary/aromatic N) is 2. The van der Waals surface area contributed by atoms with Gasteiger partial charge in [-0.1, -0.05) is 0 Å². The molecule has 1 aromatic carbocycles. The van der Waals surface area contributed by atoms with E-state index < -0.39 is 0 Å². The molecule has 0 bridgehead atoms. The highest BCUT2D eigenvalue weighted by Crippen LogP contribution is 2.10. The third-order valence-corrected chi connectivity index (χ3v) is 3.70. The number of benzene rings is 1. The van der Waals surface area contributed by atoms with Crippen LogP contribution in [-0.2, 0) is 16.0 Å². The Bertz CT molecular complexity index is 601. The lowest BCUT2D eigenvalue weighted by atomic mass is 10.1. The molecule has 8 heteroatoms. The van der Waals surface area contributed by atoms with E-state index in [9.17, 15) is 4.39 Å². The molecule has 0 aliphatic carbocycles. The molecule has 2 N–H and O–H groups in total. The van der Waals surface area contributed by atoms with Gasteiger partial charge in [-0.15, -0.1) is 24.0 Å². The van der Waals surface area contributed by atoms with Crippen LogP contribution in [0.1, 0.15) is 24.0 Å². The Labute approximate surface area is 164 Å². The number of rotatable bonds is 7. The summed E-state index contributed by atoms with van der Waals surface area (Å²) in [6, 6.07) is 6.30. The van der Waals surface area contributed by atoms with Crippen molar-refractivity contribution in [2.45, 2.75) is 25.5 Å². The maximum atomic E-state index is 13.7. The van der Waals surface area contributed by atoms with E-state index in [1.807, 2.05) is 6.07 Å². The van der Waals surface area contributed by atoms with Crippen LogP contribution in [0, 0.1) is 17.1 Å². The van der Waals surface area contributed by atoms with Gasteiger partial charge in [-0.2, -0.15) is 5.26 Å². The standard InChI is InChI=1S/C17H23FN4O2.HI/c1-20-17(21-6-2-7-24-15-5-8-23-12-15)22-11-14-9-13(10-19)3-4-16(14)18;/h3-4,9,15H,2,5-8,11-12H2,1H3,(H2,20,21,22);1H. The number of nitrogens with one attached hydrogen (secondary N) is 2. The Morgan fingerprint density at radius 2 is 2.32 bits per heavy atom. The molecule has 6 nitrogen and oxygen atoms in total. The number of halogens is 2. The zero-order valence-electron chi connectivity index (χ0n) is 14.3. The van der Waals surface area contributed by atoms with Gasteiger partial charge in [0.05, 0.1) is 24.3 Å². The van der Waals surface area contributed by atoms with E-state index in [1.165, 1.54) is 18.2 Å². The normalized spacial score (nSPS) is 16.8. The average Bonchev–Trinajstić information content (AvgIpc) is 3.12. The van der Waals surface area contributed by atoms with Crippen LogP contribution < -0.4 is 10.6 Å². The Morgan fingerprint density at radius 3 is 3.00 bits per heavy atom. The highest BCUT2D eigenvalue weighted by atomic mass is 127. The van der Waals surface area contributed by atoms with Gasteiger partial charge in [-0.3, -0.25) is 4.99 Å². The van der Waals surface area contributed by atoms with Crippen molar-refractivity contribution in [3.63, 3.8) is 0 Å². The molecule has 138 valence electrons. The lowest BCUT2D eigenvalue weighted by molar-refractivity contribution is 0.0420. The summed E-state index contributed by atoms with van der Waals surface area (Å²) < 4.78 is 24.7. The van der Waals surface area contributed by atoms with Gasteiger partial charge < -0.3 is 20.1 Å². The average molecular weight is 462 g/mol. The molecule has 1 aliphatic rings. The largest absolute Gasteiger partial charge is 0.379 e. The van der Waals surface area contributed by atoms with Crippen molar-refractivity contribution in [2.75, 3.05) is 33.4 Å². The summed E-state index contributed by atoms with van der Waals surface area (Å²) in [4.78, 5) is 4.10. The second kappa shape index (κ2) is 12.0. The first-order chi connectivity index (χ1) is 11.7. The van der Waals surface area contributed by atoms with Gasteiger partial charge in [0.1, 0.15) is 5.82 Å². The van der Waals surface area contributed by atoms with Gasteiger partial charge in [0.15, 0.2) is 5.96 Å². The zero-order valence-corrected chi connectivity index (χ0v) is 16.6. The molecule has 0 spiro atoms. The molecule has 0 radical (unpaired) electrons. The van der Waals surface area contributed by atoms with E-state index in [0.29, 0.717) is 36.8 Å². The number of nitriles is 1. The third-order valence-electron chi connectivity index (χ3n) is 3.70. The number of ether oxygens (including phenoxy) is 2. The molecule has 1 atom stereocenters. The van der Waals surface area contributed by atoms with E-state index in [1.54, 1.807) is 7.05 Å². The van der Waals surface area contributed by atoms with Gasteiger partial charge in [0, 0.05) is 38.9 Å². The molecule has 1 aromatic rings. The number of hydrogen-bond acceptors (Lipinski definition) is 4. The molecule has 0 saturated carbocycles. The summed E-state index contributed by atoms with van der Waals surface area (Å²) in [5.74, 6) is 0.241. The minimum Gasteiger partial charge on any atom is -0.379 e. The molecule has 25 heavy (non-hydrogen) atoms. The fourth-order valence-corrected chi connectivity index (χ4v) is 2.35. The maximum absolute atomic E-state index is 13.7. The smallest absolute Gasteiger partial charge is 0.191 e. The Hall–Kier alpha value is -1.44. The fraction of sp³-hybridized carbons (Fsp3) is 0.529. The SMILES string of the molecule is CN=C(NCCCOC1CCOC1)NCc1cc(C#N)ccc1F.I. The molecule has 1 unspecified atom stereocenters. The molecule has 1 heterocycles. The number of aliphatic imine (C=N–C) groups is 1. The quantitative estimate of drug-likeness (QED) is 0.281. The second-order valence-electron chi connectivity index (χ2n) is 5.48. The Morgan fingerprint density at radius 1 is 1.48 bits per heavy atom. The van der Waals surface area contributed by atoms with Crippen LogP contribution in [0.2, 0.25) is 0 Å². The van der Waals surface area contributed by atoms with Gasteiger partial charge in [-0.25, -0.2) is 4.39 Å². The van der Waals surface area contributed by atoms with Crippen molar-refractivity contribution < 1.29 is 13.9 Å². The van der Waals surface area contributed by atoms with Crippen molar-refractivity contribution in [1.82, 2.24) is 10.6 Å². The monoisotopic (exact) mass is 462 g/mol. The highest BCUT2D eigenvalue weighted by Gasteiger charge is 2.15. The summed E-state index contributed by atoms with van der Waals surface area (Å²) in [5.41, 5.74) is 0.866. The first-order valence-corrected chi connectivity index (χ1v) is 8.05. The summed E-state index contributed by atoms with van der Waals surface area (Å²) in [6.45, 7) is 3.09. The summed E-state index contributed by atoms with van der Waals surface area (Å²) in [7, 11) is 1.66. The molecule has 1 saturated heterocycles. The van der Waals surface area contributed by atoms with Crippen LogP contribution in [0.3, 0.4) is 0 Å². The fourth-order valence-electron chi connectivity index (χ4n) is 2.35. The molecule has 2 rings (SSSR count). The predicted octanol–water partition coefficient (Wildman–Crippen LogP) is 2.18. The van der Waals surface area contributed by atoms with Crippen LogP contribution in [0.25, 0.3) is 0 Å². The van der Waals surface area contributed by atoms with E-state index >= 15 is 0 Å². The van der Waals surface area contributed by atoms with Gasteiger partial charge >= 0.3 is 0 Å². The van der Waals surface area contributed by atoms with E-state index in [-0.39, 0.29) is 42.4 Å². The third kappa shape index (κ3) is 7.54. The lowest BCUT2D eigenvalue weighted by Crippen LogP contribution is -2.37.